The largest absolute Gasteiger partial charge is 0.371 e. The fraction of sp³-hybridized carbons (Fsp3) is 0.318. The van der Waals surface area contributed by atoms with Gasteiger partial charge < -0.3 is 20.5 Å². The molecule has 1 saturated heterocycles. The van der Waals surface area contributed by atoms with Gasteiger partial charge in [-0.15, -0.1) is 0 Å². The van der Waals surface area contributed by atoms with E-state index < -0.39 is 0 Å². The molecule has 0 saturated carbocycles. The number of carbonyl (C=O) groups excluding carboxylic acids is 1. The third kappa shape index (κ3) is 3.83. The lowest BCUT2D eigenvalue weighted by Crippen LogP contribution is -2.18. The van der Waals surface area contributed by atoms with Crippen LogP contribution in [0.5, 0.6) is 0 Å². The van der Waals surface area contributed by atoms with Crippen LogP contribution >= 0.6 is 0 Å². The van der Waals surface area contributed by atoms with Crippen molar-refractivity contribution in [3.63, 3.8) is 0 Å². The maximum absolute atomic E-state index is 12.7. The minimum atomic E-state index is -0.0785. The van der Waals surface area contributed by atoms with Crippen molar-refractivity contribution in [2.24, 2.45) is 5.73 Å². The summed E-state index contributed by atoms with van der Waals surface area (Å²) in [4.78, 5) is 15.1. The number of aryl methyl sites for hydroxylation is 1. The number of fused-ring (bicyclic) bond motifs is 1. The normalized spacial score (nSPS) is 14.0. The van der Waals surface area contributed by atoms with Crippen molar-refractivity contribution in [2.75, 3.05) is 29.9 Å². The van der Waals surface area contributed by atoms with Crippen molar-refractivity contribution in [2.45, 2.75) is 25.8 Å². The molecule has 3 aromatic rings. The minimum absolute atomic E-state index is 0.0785. The fourth-order valence-electron chi connectivity index (χ4n) is 3.76. The number of hydrogen-bond donors (Lipinski definition) is 2. The van der Waals surface area contributed by atoms with E-state index in [1.807, 2.05) is 30.3 Å². The third-order valence-electron chi connectivity index (χ3n) is 5.21. The molecule has 0 atom stereocenters. The first-order valence-corrected chi connectivity index (χ1v) is 9.70. The zero-order chi connectivity index (χ0) is 18.6. The molecular formula is C22H26N4O. The van der Waals surface area contributed by atoms with Crippen molar-refractivity contribution < 1.29 is 4.79 Å². The average molecular weight is 362 g/mol. The summed E-state index contributed by atoms with van der Waals surface area (Å²) >= 11 is 0. The SMILES string of the molecule is NCCCn1ccc2cc(C(=O)Nc3cccc(N4CCCC4)c3)ccc21. The van der Waals surface area contributed by atoms with E-state index in [1.165, 1.54) is 18.5 Å². The molecule has 5 heteroatoms. The van der Waals surface area contributed by atoms with Crippen LogP contribution in [0.25, 0.3) is 10.9 Å². The van der Waals surface area contributed by atoms with Gasteiger partial charge in [0.05, 0.1) is 0 Å². The quantitative estimate of drug-likeness (QED) is 0.700. The standard InChI is InChI=1S/C22H26N4O/c23-10-4-13-26-14-9-17-15-18(7-8-21(17)26)22(27)24-19-5-3-6-20(16-19)25-11-1-2-12-25/h3,5-9,14-16H,1-2,4,10-13,23H2,(H,24,27). The highest BCUT2D eigenvalue weighted by Gasteiger charge is 2.13. The predicted octanol–water partition coefficient (Wildman–Crippen LogP) is 3.84. The van der Waals surface area contributed by atoms with Crippen LogP contribution in [0.3, 0.4) is 0 Å². The molecule has 2 heterocycles. The number of rotatable bonds is 6. The summed E-state index contributed by atoms with van der Waals surface area (Å²) in [6.07, 6.45) is 5.48. The van der Waals surface area contributed by atoms with E-state index in [-0.39, 0.29) is 5.91 Å². The fourth-order valence-corrected chi connectivity index (χ4v) is 3.76. The number of anilines is 2. The number of aromatic nitrogens is 1. The molecule has 0 bridgehead atoms. The Balaban J connectivity index is 1.50. The molecule has 0 aliphatic carbocycles. The summed E-state index contributed by atoms with van der Waals surface area (Å²) < 4.78 is 2.18. The summed E-state index contributed by atoms with van der Waals surface area (Å²) in [6.45, 7) is 3.76. The highest BCUT2D eigenvalue weighted by Crippen LogP contribution is 2.24. The Morgan fingerprint density at radius 1 is 1.07 bits per heavy atom. The number of nitrogens with two attached hydrogens (primary N) is 1. The van der Waals surface area contributed by atoms with Crippen LogP contribution in [0.15, 0.2) is 54.7 Å². The molecular weight excluding hydrogens is 336 g/mol. The molecule has 0 unspecified atom stereocenters. The molecule has 4 rings (SSSR count). The van der Waals surface area contributed by atoms with Gasteiger partial charge in [0.15, 0.2) is 0 Å². The minimum Gasteiger partial charge on any atom is -0.371 e. The lowest BCUT2D eigenvalue weighted by molar-refractivity contribution is 0.102. The molecule has 1 amide bonds. The van der Waals surface area contributed by atoms with Crippen LogP contribution in [0.1, 0.15) is 29.6 Å². The van der Waals surface area contributed by atoms with Gasteiger partial charge in [-0.1, -0.05) is 6.07 Å². The number of amides is 1. The summed E-state index contributed by atoms with van der Waals surface area (Å²) in [5.74, 6) is -0.0785. The molecule has 2 aromatic carbocycles. The molecule has 27 heavy (non-hydrogen) atoms. The van der Waals surface area contributed by atoms with Gasteiger partial charge in [-0.3, -0.25) is 4.79 Å². The van der Waals surface area contributed by atoms with Gasteiger partial charge in [0.25, 0.3) is 5.91 Å². The van der Waals surface area contributed by atoms with Crippen LogP contribution in [-0.4, -0.2) is 30.1 Å². The molecule has 5 nitrogen and oxygen atoms in total. The van der Waals surface area contributed by atoms with Gasteiger partial charge in [-0.25, -0.2) is 0 Å². The van der Waals surface area contributed by atoms with Crippen LogP contribution in [0.4, 0.5) is 11.4 Å². The predicted molar refractivity (Wildman–Crippen MR) is 111 cm³/mol. The first-order valence-electron chi connectivity index (χ1n) is 9.70. The van der Waals surface area contributed by atoms with E-state index in [2.05, 4.69) is 39.2 Å². The molecule has 1 aliphatic heterocycles. The molecule has 1 aliphatic rings. The molecule has 0 spiro atoms. The Morgan fingerprint density at radius 2 is 1.93 bits per heavy atom. The first-order chi connectivity index (χ1) is 13.2. The van der Waals surface area contributed by atoms with Crippen molar-refractivity contribution in [1.29, 1.82) is 0 Å². The Bertz CT molecular complexity index is 940. The average Bonchev–Trinajstić information content (AvgIpc) is 3.36. The second-order valence-corrected chi connectivity index (χ2v) is 7.12. The zero-order valence-corrected chi connectivity index (χ0v) is 15.5. The summed E-state index contributed by atoms with van der Waals surface area (Å²) in [7, 11) is 0. The number of nitrogens with one attached hydrogen (secondary N) is 1. The molecule has 0 radical (unpaired) electrons. The summed E-state index contributed by atoms with van der Waals surface area (Å²) in [5, 5.41) is 4.11. The topological polar surface area (TPSA) is 63.3 Å². The maximum atomic E-state index is 12.7. The van der Waals surface area contributed by atoms with Gasteiger partial charge in [-0.05, 0) is 68.3 Å². The van der Waals surface area contributed by atoms with Gasteiger partial charge in [0.1, 0.15) is 0 Å². The van der Waals surface area contributed by atoms with Crippen LogP contribution in [-0.2, 0) is 6.54 Å². The lowest BCUT2D eigenvalue weighted by Gasteiger charge is -2.18. The number of hydrogen-bond acceptors (Lipinski definition) is 3. The first kappa shape index (κ1) is 17.6. The highest BCUT2D eigenvalue weighted by atomic mass is 16.1. The van der Waals surface area contributed by atoms with Crippen LogP contribution in [0.2, 0.25) is 0 Å². The highest BCUT2D eigenvalue weighted by molar-refractivity contribution is 6.06. The Labute approximate surface area is 159 Å². The molecule has 1 aromatic heterocycles. The van der Waals surface area contributed by atoms with Gasteiger partial charge in [0, 0.05) is 53.7 Å². The van der Waals surface area contributed by atoms with Crippen LogP contribution in [0, 0.1) is 0 Å². The van der Waals surface area contributed by atoms with Crippen LogP contribution < -0.4 is 16.0 Å². The lowest BCUT2D eigenvalue weighted by atomic mass is 10.1. The summed E-state index contributed by atoms with van der Waals surface area (Å²) in [6, 6.07) is 16.0. The number of benzene rings is 2. The second kappa shape index (κ2) is 7.84. The van der Waals surface area contributed by atoms with E-state index in [1.54, 1.807) is 0 Å². The van der Waals surface area contributed by atoms with Gasteiger partial charge in [0.2, 0.25) is 0 Å². The van der Waals surface area contributed by atoms with E-state index in [0.29, 0.717) is 12.1 Å². The van der Waals surface area contributed by atoms with Crippen molar-refractivity contribution in [3.05, 3.63) is 60.3 Å². The number of carbonyl (C=O) groups is 1. The van der Waals surface area contributed by atoms with E-state index in [4.69, 9.17) is 5.73 Å². The molecule has 140 valence electrons. The molecule has 3 N–H and O–H groups in total. The smallest absolute Gasteiger partial charge is 0.255 e. The Hall–Kier alpha value is -2.79. The van der Waals surface area contributed by atoms with Crippen molar-refractivity contribution in [1.82, 2.24) is 4.57 Å². The second-order valence-electron chi connectivity index (χ2n) is 7.12. The van der Waals surface area contributed by atoms with Gasteiger partial charge >= 0.3 is 0 Å². The zero-order valence-electron chi connectivity index (χ0n) is 15.5. The Kier molecular flexibility index (Phi) is 5.12. The maximum Gasteiger partial charge on any atom is 0.255 e. The van der Waals surface area contributed by atoms with Gasteiger partial charge in [-0.2, -0.15) is 0 Å². The monoisotopic (exact) mass is 362 g/mol. The van der Waals surface area contributed by atoms with Crippen molar-refractivity contribution >= 4 is 28.2 Å². The van der Waals surface area contributed by atoms with Crippen molar-refractivity contribution in [3.8, 4) is 0 Å². The summed E-state index contributed by atoms with van der Waals surface area (Å²) in [5.41, 5.74) is 9.43. The Morgan fingerprint density at radius 3 is 2.74 bits per heavy atom. The van der Waals surface area contributed by atoms with E-state index >= 15 is 0 Å². The third-order valence-corrected chi connectivity index (χ3v) is 5.21. The molecule has 1 fully saturated rings. The number of nitrogens with zero attached hydrogens (tertiary/aromatic N) is 2. The van der Waals surface area contributed by atoms with E-state index in [9.17, 15) is 4.79 Å². The van der Waals surface area contributed by atoms with E-state index in [0.717, 1.165) is 42.6 Å².